The second-order valence-electron chi connectivity index (χ2n) is 4.81. The van der Waals surface area contributed by atoms with Crippen molar-refractivity contribution in [1.82, 2.24) is 10.2 Å². The number of halogens is 1. The molecule has 0 saturated carbocycles. The van der Waals surface area contributed by atoms with Crippen molar-refractivity contribution in [2.24, 2.45) is 0 Å². The fourth-order valence-electron chi connectivity index (χ4n) is 2.32. The summed E-state index contributed by atoms with van der Waals surface area (Å²) in [7, 11) is 1.73. The van der Waals surface area contributed by atoms with E-state index < -0.39 is 0 Å². The van der Waals surface area contributed by atoms with Crippen LogP contribution >= 0.6 is 0 Å². The predicted octanol–water partition coefficient (Wildman–Crippen LogP) is 0.911. The topological polar surface area (TPSA) is 45.8 Å². The highest BCUT2D eigenvalue weighted by atomic mass is 19.1. The summed E-state index contributed by atoms with van der Waals surface area (Å²) in [6.45, 7) is 0. The van der Waals surface area contributed by atoms with Crippen LogP contribution in [0, 0.1) is 5.82 Å². The van der Waals surface area contributed by atoms with Gasteiger partial charge in [0.25, 0.3) is 5.56 Å². The molecule has 0 spiro atoms. The molecule has 0 bridgehead atoms. The van der Waals surface area contributed by atoms with Crippen molar-refractivity contribution in [2.45, 2.75) is 6.42 Å². The van der Waals surface area contributed by atoms with Crippen LogP contribution in [0.2, 0.25) is 0 Å². The fourth-order valence-corrected chi connectivity index (χ4v) is 2.32. The zero-order valence-corrected chi connectivity index (χ0v) is 11.0. The van der Waals surface area contributed by atoms with Gasteiger partial charge < -0.3 is 0 Å². The van der Waals surface area contributed by atoms with Gasteiger partial charge in [0, 0.05) is 11.8 Å². The highest BCUT2D eigenvalue weighted by Crippen LogP contribution is 2.15. The smallest absolute Gasteiger partial charge is 0.267 e. The maximum absolute atomic E-state index is 13.3. The Morgan fingerprint density at radius 2 is 1.90 bits per heavy atom. The summed E-state index contributed by atoms with van der Waals surface area (Å²) in [5.74, 6) is -0.215. The van der Waals surface area contributed by atoms with Crippen molar-refractivity contribution in [3.8, 4) is 0 Å². The first-order valence-corrected chi connectivity index (χ1v) is 6.36. The summed E-state index contributed by atoms with van der Waals surface area (Å²) >= 11 is 0. The van der Waals surface area contributed by atoms with Gasteiger partial charge in [-0.1, -0.05) is 35.8 Å². The number of hydrogen-bond acceptors (Lipinski definition) is 2. The van der Waals surface area contributed by atoms with E-state index in [0.717, 1.165) is 16.6 Å². The van der Waals surface area contributed by atoms with Crippen LogP contribution in [-0.4, -0.2) is 18.0 Å². The van der Waals surface area contributed by atoms with Crippen LogP contribution in [0.1, 0.15) is 11.3 Å². The predicted molar refractivity (Wildman–Crippen MR) is 79.7 cm³/mol. The Labute approximate surface area is 115 Å². The molecule has 0 amide bonds. The summed E-state index contributed by atoms with van der Waals surface area (Å²) in [5.41, 5.74) is 2.16. The third-order valence-corrected chi connectivity index (χ3v) is 3.37. The Morgan fingerprint density at radius 3 is 2.65 bits per heavy atom. The van der Waals surface area contributed by atoms with E-state index in [1.54, 1.807) is 26.0 Å². The van der Waals surface area contributed by atoms with Gasteiger partial charge in [-0.3, -0.25) is 4.79 Å². The molecular weight excluding hydrogens is 254 g/mol. The highest BCUT2D eigenvalue weighted by Gasteiger charge is 2.07. The highest BCUT2D eigenvalue weighted by molar-refractivity contribution is 6.32. The van der Waals surface area contributed by atoms with Gasteiger partial charge in [-0.05, 0) is 17.7 Å². The zero-order chi connectivity index (χ0) is 14.1. The van der Waals surface area contributed by atoms with Crippen molar-refractivity contribution >= 4 is 24.1 Å². The zero-order valence-electron chi connectivity index (χ0n) is 11.0. The maximum atomic E-state index is 13.3. The normalized spacial score (nSPS) is 10.8. The maximum Gasteiger partial charge on any atom is 0.272 e. The van der Waals surface area contributed by atoms with E-state index in [9.17, 15) is 9.18 Å². The first kappa shape index (κ1) is 12.6. The van der Waals surface area contributed by atoms with Crippen molar-refractivity contribution < 1.29 is 4.39 Å². The number of benzene rings is 2. The minimum atomic E-state index is -0.215. The summed E-state index contributed by atoms with van der Waals surface area (Å²) in [6.07, 6.45) is 0.554. The molecule has 0 fully saturated rings. The number of H-pyrrole nitrogens is 1. The molecule has 5 heteroatoms. The van der Waals surface area contributed by atoms with Crippen LogP contribution in [0.15, 0.2) is 47.3 Å². The molecule has 0 saturated heterocycles. The number of hydrogen-bond donors (Lipinski definition) is 1. The van der Waals surface area contributed by atoms with E-state index in [4.69, 9.17) is 0 Å². The van der Waals surface area contributed by atoms with E-state index >= 15 is 0 Å². The molecule has 0 aliphatic heterocycles. The van der Waals surface area contributed by atoms with Gasteiger partial charge in [0.2, 0.25) is 0 Å². The molecule has 98 valence electrons. The first-order chi connectivity index (χ1) is 9.65. The number of nitrogens with one attached hydrogen (secondary N) is 1. The summed E-state index contributed by atoms with van der Waals surface area (Å²) in [4.78, 5) is 11.7. The van der Waals surface area contributed by atoms with E-state index in [2.05, 4.69) is 10.2 Å². The summed E-state index contributed by atoms with van der Waals surface area (Å²) in [6, 6.07) is 12.4. The largest absolute Gasteiger partial charge is 0.272 e. The van der Waals surface area contributed by atoms with Gasteiger partial charge in [0.1, 0.15) is 13.7 Å². The quantitative estimate of drug-likeness (QED) is 0.701. The average Bonchev–Trinajstić information content (AvgIpc) is 2.46. The third kappa shape index (κ3) is 2.22. The van der Waals surface area contributed by atoms with Crippen molar-refractivity contribution in [1.29, 1.82) is 0 Å². The van der Waals surface area contributed by atoms with Gasteiger partial charge >= 0.3 is 0 Å². The molecule has 2 aromatic carbocycles. The van der Waals surface area contributed by atoms with Gasteiger partial charge in [-0.2, -0.15) is 5.10 Å². The molecule has 3 aromatic rings. The molecule has 1 N–H and O–H groups in total. The number of nitrogens with zero attached hydrogens (tertiary/aromatic N) is 1. The average molecular weight is 266 g/mol. The van der Waals surface area contributed by atoms with Gasteiger partial charge in [0.15, 0.2) is 0 Å². The lowest BCUT2D eigenvalue weighted by atomic mass is 9.92. The number of aromatic nitrogens is 2. The first-order valence-electron chi connectivity index (χ1n) is 6.36. The van der Waals surface area contributed by atoms with Crippen LogP contribution in [-0.2, 0) is 6.42 Å². The van der Waals surface area contributed by atoms with E-state index in [-0.39, 0.29) is 11.4 Å². The molecule has 3 nitrogen and oxygen atoms in total. The molecule has 0 atom stereocenters. The lowest BCUT2D eigenvalue weighted by Crippen LogP contribution is -2.13. The monoisotopic (exact) mass is 266 g/mol. The fraction of sp³-hybridized carbons (Fsp3) is 0.0667. The minimum Gasteiger partial charge on any atom is -0.267 e. The van der Waals surface area contributed by atoms with Crippen molar-refractivity contribution in [3.05, 3.63) is 69.9 Å². The number of fused-ring (bicyclic) bond motifs is 1. The van der Waals surface area contributed by atoms with Crippen LogP contribution in [0.3, 0.4) is 0 Å². The van der Waals surface area contributed by atoms with Crippen LogP contribution in [0.25, 0.3) is 10.8 Å². The molecule has 0 aliphatic carbocycles. The Morgan fingerprint density at radius 1 is 1.15 bits per heavy atom. The van der Waals surface area contributed by atoms with E-state index in [1.807, 2.05) is 18.2 Å². The Balaban J connectivity index is 2.09. The Bertz CT molecular complexity index is 845. The summed E-state index contributed by atoms with van der Waals surface area (Å²) in [5, 5.41) is 8.09. The second-order valence-corrected chi connectivity index (χ2v) is 4.81. The number of rotatable bonds is 2. The SMILES string of the molecule is Bc1cc(Cc2n[nH]c(=O)c3ccccc23)ccc1F. The van der Waals surface area contributed by atoms with Gasteiger partial charge in [-0.25, -0.2) is 9.49 Å². The van der Waals surface area contributed by atoms with E-state index in [1.165, 1.54) is 6.07 Å². The van der Waals surface area contributed by atoms with E-state index in [0.29, 0.717) is 17.3 Å². The molecule has 1 aromatic heterocycles. The van der Waals surface area contributed by atoms with Crippen molar-refractivity contribution in [2.75, 3.05) is 0 Å². The minimum absolute atomic E-state index is 0.195. The molecule has 3 rings (SSSR count). The van der Waals surface area contributed by atoms with Crippen LogP contribution < -0.4 is 11.0 Å². The molecule has 1 heterocycles. The molecule has 20 heavy (non-hydrogen) atoms. The molecule has 0 radical (unpaired) electrons. The van der Waals surface area contributed by atoms with Crippen LogP contribution in [0.5, 0.6) is 0 Å². The standard InChI is InChI=1S/C15H12BFN2O/c16-12-7-9(5-6-13(12)17)8-14-10-3-1-2-4-11(10)15(20)19-18-14/h1-7H,8,16H2,(H,19,20). The molecule has 0 unspecified atom stereocenters. The lowest BCUT2D eigenvalue weighted by molar-refractivity contribution is 0.635. The number of aromatic amines is 1. The van der Waals surface area contributed by atoms with Gasteiger partial charge in [-0.15, -0.1) is 0 Å². The third-order valence-electron chi connectivity index (χ3n) is 3.37. The van der Waals surface area contributed by atoms with Crippen molar-refractivity contribution in [3.63, 3.8) is 0 Å². The second kappa shape index (κ2) is 4.92. The molecule has 0 aliphatic rings. The van der Waals surface area contributed by atoms with Gasteiger partial charge in [0.05, 0.1) is 11.1 Å². The van der Waals surface area contributed by atoms with Crippen LogP contribution in [0.4, 0.5) is 4.39 Å². The molecular formula is C15H12BFN2O. The Kier molecular flexibility index (Phi) is 3.10. The lowest BCUT2D eigenvalue weighted by Gasteiger charge is -2.06. The Hall–Kier alpha value is -2.43. The summed E-state index contributed by atoms with van der Waals surface area (Å²) < 4.78 is 13.3.